The maximum absolute atomic E-state index is 12.2. The fourth-order valence-electron chi connectivity index (χ4n) is 1.82. The van der Waals surface area contributed by atoms with Crippen molar-refractivity contribution in [1.29, 1.82) is 0 Å². The minimum absolute atomic E-state index is 0.0177. The van der Waals surface area contributed by atoms with Gasteiger partial charge in [-0.2, -0.15) is 0 Å². The van der Waals surface area contributed by atoms with E-state index in [0.717, 1.165) is 19.0 Å². The third-order valence-electron chi connectivity index (χ3n) is 3.19. The van der Waals surface area contributed by atoms with E-state index < -0.39 is 14.9 Å². The van der Waals surface area contributed by atoms with Crippen LogP contribution in [-0.2, 0) is 10.0 Å². The van der Waals surface area contributed by atoms with E-state index in [1.54, 1.807) is 7.05 Å². The molecule has 0 aliphatic carbocycles. The predicted molar refractivity (Wildman–Crippen MR) is 84.3 cm³/mol. The van der Waals surface area contributed by atoms with E-state index in [2.05, 4.69) is 10.0 Å². The molecule has 0 amide bonds. The topological polar surface area (TPSA) is 105 Å². The lowest BCUT2D eigenvalue weighted by molar-refractivity contribution is -0.385. The Balaban J connectivity index is 2.74. The largest absolute Gasteiger partial charge is 0.316 e. The van der Waals surface area contributed by atoms with Gasteiger partial charge in [0.25, 0.3) is 5.69 Å². The van der Waals surface area contributed by atoms with Gasteiger partial charge in [-0.15, -0.1) is 0 Å². The molecule has 8 nitrogen and oxygen atoms in total. The van der Waals surface area contributed by atoms with Crippen molar-refractivity contribution in [1.82, 2.24) is 14.9 Å². The van der Waals surface area contributed by atoms with Crippen LogP contribution in [0.4, 0.5) is 5.69 Å². The molecule has 1 aromatic carbocycles. The van der Waals surface area contributed by atoms with Crippen molar-refractivity contribution in [3.63, 3.8) is 0 Å². The van der Waals surface area contributed by atoms with Gasteiger partial charge < -0.3 is 10.2 Å². The molecule has 0 aliphatic rings. The lowest BCUT2D eigenvalue weighted by Crippen LogP contribution is -2.40. The normalized spacial score (nSPS) is 13.3. The molecule has 124 valence electrons. The molecular weight excluding hydrogens is 308 g/mol. The quantitative estimate of drug-likeness (QED) is 0.502. The number of nitro benzene ring substituents is 1. The Morgan fingerprint density at radius 2 is 2.05 bits per heavy atom. The predicted octanol–water partition coefficient (Wildman–Crippen LogP) is 0.413. The molecule has 1 unspecified atom stereocenters. The van der Waals surface area contributed by atoms with Gasteiger partial charge in [0, 0.05) is 24.7 Å². The molecule has 0 aromatic heterocycles. The first kappa shape index (κ1) is 18.5. The number of nitro groups is 1. The van der Waals surface area contributed by atoms with Gasteiger partial charge in [-0.3, -0.25) is 10.1 Å². The summed E-state index contributed by atoms with van der Waals surface area (Å²) < 4.78 is 26.9. The lowest BCUT2D eigenvalue weighted by atomic mass is 10.2. The van der Waals surface area contributed by atoms with Crippen molar-refractivity contribution in [3.8, 4) is 0 Å². The summed E-state index contributed by atoms with van der Waals surface area (Å²) in [5.74, 6) is 0. The average molecular weight is 330 g/mol. The number of likely N-dealkylation sites (N-methyl/N-ethyl adjacent to an activating group) is 1. The highest BCUT2D eigenvalue weighted by Crippen LogP contribution is 2.17. The van der Waals surface area contributed by atoms with Gasteiger partial charge in [-0.25, -0.2) is 13.1 Å². The van der Waals surface area contributed by atoms with E-state index in [9.17, 15) is 18.5 Å². The molecule has 0 saturated carbocycles. The lowest BCUT2D eigenvalue weighted by Gasteiger charge is -2.19. The molecule has 1 rings (SSSR count). The zero-order valence-electron chi connectivity index (χ0n) is 12.9. The van der Waals surface area contributed by atoms with E-state index in [4.69, 9.17) is 0 Å². The smallest absolute Gasteiger partial charge is 0.270 e. The number of rotatable bonds is 9. The minimum Gasteiger partial charge on any atom is -0.316 e. The van der Waals surface area contributed by atoms with Crippen molar-refractivity contribution < 1.29 is 13.3 Å². The van der Waals surface area contributed by atoms with E-state index in [1.807, 2.05) is 19.0 Å². The summed E-state index contributed by atoms with van der Waals surface area (Å²) in [4.78, 5) is 12.0. The summed E-state index contributed by atoms with van der Waals surface area (Å²) in [5, 5.41) is 13.8. The van der Waals surface area contributed by atoms with Crippen molar-refractivity contribution >= 4 is 15.7 Å². The summed E-state index contributed by atoms with van der Waals surface area (Å²) in [7, 11) is 1.89. The van der Waals surface area contributed by atoms with Gasteiger partial charge in [0.15, 0.2) is 0 Å². The molecule has 0 fully saturated rings. The highest BCUT2D eigenvalue weighted by molar-refractivity contribution is 7.89. The molecular formula is C13H22N4O4S. The second kappa shape index (κ2) is 8.18. The Morgan fingerprint density at radius 3 is 2.59 bits per heavy atom. The standard InChI is InChI=1S/C13H22N4O4S/c1-14-11(7-8-16(2)3)10-15-22(20,21)13-6-4-5-12(9-13)17(18)19/h4-6,9,11,14-15H,7-8,10H2,1-3H3. The second-order valence-corrected chi connectivity index (χ2v) is 6.95. The molecule has 0 radical (unpaired) electrons. The fraction of sp³-hybridized carbons (Fsp3) is 0.538. The van der Waals surface area contributed by atoms with Crippen LogP contribution in [0.25, 0.3) is 0 Å². The monoisotopic (exact) mass is 330 g/mol. The van der Waals surface area contributed by atoms with Gasteiger partial charge in [0.1, 0.15) is 0 Å². The van der Waals surface area contributed by atoms with Crippen LogP contribution < -0.4 is 10.0 Å². The van der Waals surface area contributed by atoms with Gasteiger partial charge in [-0.05, 0) is 40.2 Å². The van der Waals surface area contributed by atoms with E-state index in [1.165, 1.54) is 18.2 Å². The Morgan fingerprint density at radius 1 is 1.36 bits per heavy atom. The minimum atomic E-state index is -3.77. The Bertz CT molecular complexity index is 604. The summed E-state index contributed by atoms with van der Waals surface area (Å²) in [6.45, 7) is 1.04. The summed E-state index contributed by atoms with van der Waals surface area (Å²) in [6.07, 6.45) is 0.779. The first-order valence-corrected chi connectivity index (χ1v) is 8.30. The molecule has 2 N–H and O–H groups in total. The summed E-state index contributed by atoms with van der Waals surface area (Å²) in [6, 6.07) is 4.98. The number of hydrogen-bond acceptors (Lipinski definition) is 6. The number of benzene rings is 1. The SMILES string of the molecule is CNC(CCN(C)C)CNS(=O)(=O)c1cccc([N+](=O)[O-])c1. The third kappa shape index (κ3) is 5.68. The second-order valence-electron chi connectivity index (χ2n) is 5.18. The maximum Gasteiger partial charge on any atom is 0.270 e. The molecule has 0 spiro atoms. The van der Waals surface area contributed by atoms with Crippen molar-refractivity contribution in [2.24, 2.45) is 0 Å². The molecule has 0 saturated heterocycles. The maximum atomic E-state index is 12.2. The average Bonchev–Trinajstić information content (AvgIpc) is 2.47. The van der Waals surface area contributed by atoms with Crippen LogP contribution in [-0.4, -0.2) is 58.5 Å². The van der Waals surface area contributed by atoms with Gasteiger partial charge in [0.05, 0.1) is 9.82 Å². The zero-order valence-corrected chi connectivity index (χ0v) is 13.8. The third-order valence-corrected chi connectivity index (χ3v) is 4.61. The Hall–Kier alpha value is -1.55. The van der Waals surface area contributed by atoms with Crippen LogP contribution in [0, 0.1) is 10.1 Å². The van der Waals surface area contributed by atoms with Crippen LogP contribution >= 0.6 is 0 Å². The number of sulfonamides is 1. The summed E-state index contributed by atoms with van der Waals surface area (Å²) >= 11 is 0. The van der Waals surface area contributed by atoms with E-state index >= 15 is 0 Å². The molecule has 0 aliphatic heterocycles. The molecule has 9 heteroatoms. The van der Waals surface area contributed by atoms with Crippen molar-refractivity contribution in [2.45, 2.75) is 17.4 Å². The van der Waals surface area contributed by atoms with E-state index in [-0.39, 0.29) is 23.2 Å². The molecule has 1 aromatic rings. The molecule has 0 bridgehead atoms. The molecule has 0 heterocycles. The highest BCUT2D eigenvalue weighted by atomic mass is 32.2. The van der Waals surface area contributed by atoms with Crippen LogP contribution in [0.5, 0.6) is 0 Å². The molecule has 22 heavy (non-hydrogen) atoms. The van der Waals surface area contributed by atoms with Crippen LogP contribution in [0.2, 0.25) is 0 Å². The van der Waals surface area contributed by atoms with Gasteiger partial charge in [-0.1, -0.05) is 6.07 Å². The number of non-ortho nitro benzene ring substituents is 1. The van der Waals surface area contributed by atoms with E-state index in [0.29, 0.717) is 0 Å². The van der Waals surface area contributed by atoms with Gasteiger partial charge in [0.2, 0.25) is 10.0 Å². The van der Waals surface area contributed by atoms with Crippen LogP contribution in [0.1, 0.15) is 6.42 Å². The number of nitrogens with one attached hydrogen (secondary N) is 2. The van der Waals surface area contributed by atoms with Crippen molar-refractivity contribution in [2.75, 3.05) is 34.2 Å². The number of hydrogen-bond donors (Lipinski definition) is 2. The first-order valence-electron chi connectivity index (χ1n) is 6.82. The Kier molecular flexibility index (Phi) is 6.88. The van der Waals surface area contributed by atoms with Gasteiger partial charge >= 0.3 is 0 Å². The molecule has 1 atom stereocenters. The summed E-state index contributed by atoms with van der Waals surface area (Å²) in [5.41, 5.74) is -0.249. The first-order chi connectivity index (χ1) is 10.3. The fourth-order valence-corrected chi connectivity index (χ4v) is 2.94. The highest BCUT2D eigenvalue weighted by Gasteiger charge is 2.19. The van der Waals surface area contributed by atoms with Crippen LogP contribution in [0.15, 0.2) is 29.2 Å². The van der Waals surface area contributed by atoms with Crippen LogP contribution in [0.3, 0.4) is 0 Å². The Labute approximate surface area is 130 Å². The number of nitrogens with zero attached hydrogens (tertiary/aromatic N) is 2. The zero-order chi connectivity index (χ0) is 16.8. The van der Waals surface area contributed by atoms with Crippen molar-refractivity contribution in [3.05, 3.63) is 34.4 Å².